The SMILES string of the molecule is CCOC(=O)c1ccc(C(F)(F)F)cc1O. The lowest BCUT2D eigenvalue weighted by atomic mass is 10.1. The first-order valence-electron chi connectivity index (χ1n) is 4.43. The summed E-state index contributed by atoms with van der Waals surface area (Å²) in [5.41, 5.74) is -1.30. The van der Waals surface area contributed by atoms with E-state index in [1.807, 2.05) is 0 Å². The number of halogens is 3. The van der Waals surface area contributed by atoms with Crippen LogP contribution < -0.4 is 0 Å². The molecule has 6 heteroatoms. The maximum absolute atomic E-state index is 12.2. The first-order valence-corrected chi connectivity index (χ1v) is 4.43. The van der Waals surface area contributed by atoms with Crippen molar-refractivity contribution in [1.29, 1.82) is 0 Å². The third kappa shape index (κ3) is 2.65. The van der Waals surface area contributed by atoms with Gasteiger partial charge in [0, 0.05) is 0 Å². The van der Waals surface area contributed by atoms with Gasteiger partial charge in [0.05, 0.1) is 12.2 Å². The van der Waals surface area contributed by atoms with Gasteiger partial charge in [0.1, 0.15) is 11.3 Å². The van der Waals surface area contributed by atoms with Crippen molar-refractivity contribution >= 4 is 5.97 Å². The number of ether oxygens (including phenoxy) is 1. The molecule has 0 aliphatic carbocycles. The van der Waals surface area contributed by atoms with E-state index in [1.54, 1.807) is 6.92 Å². The molecular formula is C10H9F3O3. The van der Waals surface area contributed by atoms with Crippen LogP contribution in [-0.4, -0.2) is 17.7 Å². The fourth-order valence-electron chi connectivity index (χ4n) is 1.09. The molecule has 1 N–H and O–H groups in total. The molecular weight excluding hydrogens is 225 g/mol. The monoisotopic (exact) mass is 234 g/mol. The molecule has 0 heterocycles. The predicted octanol–water partition coefficient (Wildman–Crippen LogP) is 2.59. The zero-order valence-corrected chi connectivity index (χ0v) is 8.34. The molecule has 0 fully saturated rings. The second-order valence-electron chi connectivity index (χ2n) is 2.95. The molecule has 3 nitrogen and oxygen atoms in total. The van der Waals surface area contributed by atoms with Crippen molar-refractivity contribution in [3.8, 4) is 5.75 Å². The van der Waals surface area contributed by atoms with E-state index in [0.29, 0.717) is 12.1 Å². The van der Waals surface area contributed by atoms with Crippen LogP contribution in [-0.2, 0) is 10.9 Å². The number of rotatable bonds is 2. The molecule has 1 rings (SSSR count). The van der Waals surface area contributed by atoms with E-state index in [1.165, 1.54) is 0 Å². The fraction of sp³-hybridized carbons (Fsp3) is 0.300. The van der Waals surface area contributed by atoms with E-state index in [-0.39, 0.29) is 12.2 Å². The highest BCUT2D eigenvalue weighted by molar-refractivity contribution is 5.92. The standard InChI is InChI=1S/C10H9F3O3/c1-2-16-9(15)7-4-3-6(5-8(7)14)10(11,12)13/h3-5,14H,2H2,1H3. The highest BCUT2D eigenvalue weighted by Gasteiger charge is 2.31. The summed E-state index contributed by atoms with van der Waals surface area (Å²) >= 11 is 0. The lowest BCUT2D eigenvalue weighted by Crippen LogP contribution is -2.08. The summed E-state index contributed by atoms with van der Waals surface area (Å²) in [5, 5.41) is 9.25. The number of benzene rings is 1. The Hall–Kier alpha value is -1.72. The molecule has 1 aromatic carbocycles. The molecule has 1 aromatic rings. The minimum atomic E-state index is -4.55. The molecule has 0 saturated heterocycles. The van der Waals surface area contributed by atoms with Crippen molar-refractivity contribution in [2.24, 2.45) is 0 Å². The Labute approximate surface area is 89.5 Å². The van der Waals surface area contributed by atoms with E-state index in [0.717, 1.165) is 6.07 Å². The van der Waals surface area contributed by atoms with Crippen LogP contribution in [0.5, 0.6) is 5.75 Å². The van der Waals surface area contributed by atoms with Crippen molar-refractivity contribution in [2.45, 2.75) is 13.1 Å². The van der Waals surface area contributed by atoms with Crippen LogP contribution in [0, 0.1) is 0 Å². The number of carbonyl (C=O) groups is 1. The average Bonchev–Trinajstić information content (AvgIpc) is 2.16. The molecule has 0 radical (unpaired) electrons. The van der Waals surface area contributed by atoms with Crippen molar-refractivity contribution in [1.82, 2.24) is 0 Å². The maximum atomic E-state index is 12.2. The van der Waals surface area contributed by atoms with E-state index in [9.17, 15) is 23.1 Å². The number of hydrogen-bond donors (Lipinski definition) is 1. The zero-order valence-electron chi connectivity index (χ0n) is 8.34. The van der Waals surface area contributed by atoms with Crippen LogP contribution in [0.1, 0.15) is 22.8 Å². The minimum Gasteiger partial charge on any atom is -0.507 e. The quantitative estimate of drug-likeness (QED) is 0.800. The lowest BCUT2D eigenvalue weighted by molar-refractivity contribution is -0.137. The lowest BCUT2D eigenvalue weighted by Gasteiger charge is -2.09. The van der Waals surface area contributed by atoms with Crippen LogP contribution in [0.4, 0.5) is 13.2 Å². The molecule has 16 heavy (non-hydrogen) atoms. The Morgan fingerprint density at radius 2 is 2.06 bits per heavy atom. The maximum Gasteiger partial charge on any atom is 0.416 e. The van der Waals surface area contributed by atoms with Crippen LogP contribution >= 0.6 is 0 Å². The summed E-state index contributed by atoms with van der Waals surface area (Å²) < 4.78 is 41.2. The van der Waals surface area contributed by atoms with E-state index in [2.05, 4.69) is 4.74 Å². The van der Waals surface area contributed by atoms with Gasteiger partial charge >= 0.3 is 12.1 Å². The second kappa shape index (κ2) is 4.42. The molecule has 0 atom stereocenters. The van der Waals surface area contributed by atoms with Gasteiger partial charge in [-0.1, -0.05) is 0 Å². The number of phenols is 1. The molecule has 0 spiro atoms. The summed E-state index contributed by atoms with van der Waals surface area (Å²) in [6, 6.07) is 2.09. The minimum absolute atomic E-state index is 0.0826. The average molecular weight is 234 g/mol. The predicted molar refractivity (Wildman–Crippen MR) is 49.1 cm³/mol. The first-order chi connectivity index (χ1) is 7.36. The number of hydrogen-bond acceptors (Lipinski definition) is 3. The summed E-state index contributed by atoms with van der Waals surface area (Å²) in [6.45, 7) is 1.64. The van der Waals surface area contributed by atoms with Crippen LogP contribution in [0.3, 0.4) is 0 Å². The Balaban J connectivity index is 3.05. The van der Waals surface area contributed by atoms with Gasteiger partial charge in [-0.05, 0) is 25.1 Å². The normalized spacial score (nSPS) is 11.2. The van der Waals surface area contributed by atoms with Crippen LogP contribution in [0.25, 0.3) is 0 Å². The summed E-state index contributed by atoms with van der Waals surface area (Å²) in [5.74, 6) is -1.60. The number of esters is 1. The highest BCUT2D eigenvalue weighted by atomic mass is 19.4. The first kappa shape index (κ1) is 12.4. The Morgan fingerprint density at radius 3 is 2.50 bits per heavy atom. The fourth-order valence-corrected chi connectivity index (χ4v) is 1.09. The molecule has 0 bridgehead atoms. The highest BCUT2D eigenvalue weighted by Crippen LogP contribution is 2.32. The van der Waals surface area contributed by atoms with Crippen LogP contribution in [0.2, 0.25) is 0 Å². The summed E-state index contributed by atoms with van der Waals surface area (Å²) in [7, 11) is 0. The Bertz CT molecular complexity index is 399. The molecule has 0 aromatic heterocycles. The van der Waals surface area contributed by atoms with Crippen molar-refractivity contribution < 1.29 is 27.8 Å². The van der Waals surface area contributed by atoms with Crippen molar-refractivity contribution in [2.75, 3.05) is 6.61 Å². The molecule has 0 aliphatic rings. The van der Waals surface area contributed by atoms with Gasteiger partial charge in [0.15, 0.2) is 0 Å². The van der Waals surface area contributed by atoms with E-state index < -0.39 is 23.5 Å². The molecule has 88 valence electrons. The van der Waals surface area contributed by atoms with Gasteiger partial charge in [0.2, 0.25) is 0 Å². The number of phenolic OH excluding ortho intramolecular Hbond substituents is 1. The third-order valence-corrected chi connectivity index (χ3v) is 1.82. The molecule has 0 amide bonds. The summed E-state index contributed by atoms with van der Waals surface area (Å²) in [6.07, 6.45) is -4.55. The smallest absolute Gasteiger partial charge is 0.416 e. The van der Waals surface area contributed by atoms with Gasteiger partial charge in [0.25, 0.3) is 0 Å². The molecule has 0 aliphatic heterocycles. The second-order valence-corrected chi connectivity index (χ2v) is 2.95. The van der Waals surface area contributed by atoms with Gasteiger partial charge < -0.3 is 9.84 Å². The Kier molecular flexibility index (Phi) is 3.41. The number of alkyl halides is 3. The molecule has 0 unspecified atom stereocenters. The van der Waals surface area contributed by atoms with Crippen molar-refractivity contribution in [3.63, 3.8) is 0 Å². The van der Waals surface area contributed by atoms with Gasteiger partial charge in [-0.25, -0.2) is 4.79 Å². The number of aromatic hydroxyl groups is 1. The zero-order chi connectivity index (χ0) is 12.3. The number of carbonyl (C=O) groups excluding carboxylic acids is 1. The van der Waals surface area contributed by atoms with E-state index >= 15 is 0 Å². The topological polar surface area (TPSA) is 46.5 Å². The Morgan fingerprint density at radius 1 is 1.44 bits per heavy atom. The largest absolute Gasteiger partial charge is 0.507 e. The molecule has 0 saturated carbocycles. The van der Waals surface area contributed by atoms with Gasteiger partial charge in [-0.3, -0.25) is 0 Å². The van der Waals surface area contributed by atoms with Crippen molar-refractivity contribution in [3.05, 3.63) is 29.3 Å². The third-order valence-electron chi connectivity index (χ3n) is 1.82. The summed E-state index contributed by atoms with van der Waals surface area (Å²) in [4.78, 5) is 11.2. The van der Waals surface area contributed by atoms with Gasteiger partial charge in [-0.15, -0.1) is 0 Å². The van der Waals surface area contributed by atoms with Gasteiger partial charge in [-0.2, -0.15) is 13.2 Å². The van der Waals surface area contributed by atoms with Crippen LogP contribution in [0.15, 0.2) is 18.2 Å². The van der Waals surface area contributed by atoms with E-state index in [4.69, 9.17) is 0 Å².